The minimum Gasteiger partial charge on any atom is -0.504 e. The molecule has 0 fully saturated rings. The van der Waals surface area contributed by atoms with Crippen molar-refractivity contribution < 1.29 is 24.1 Å². The largest absolute Gasteiger partial charge is 0.504 e. The molecule has 0 aliphatic carbocycles. The van der Waals surface area contributed by atoms with E-state index >= 15 is 0 Å². The molecule has 0 saturated carbocycles. The fourth-order valence-corrected chi connectivity index (χ4v) is 2.65. The fourth-order valence-electron chi connectivity index (χ4n) is 2.65. The lowest BCUT2D eigenvalue weighted by Gasteiger charge is -2.28. The maximum Gasteiger partial charge on any atom is 0.203 e. The smallest absolute Gasteiger partial charge is 0.203 e. The number of ketones is 1. The van der Waals surface area contributed by atoms with Crippen molar-refractivity contribution in [1.29, 1.82) is 0 Å². The molecule has 2 aromatic rings. The van der Waals surface area contributed by atoms with Crippen LogP contribution in [0.4, 0.5) is 0 Å². The van der Waals surface area contributed by atoms with Gasteiger partial charge < -0.3 is 19.3 Å². The van der Waals surface area contributed by atoms with Gasteiger partial charge in [-0.2, -0.15) is 0 Å². The van der Waals surface area contributed by atoms with Gasteiger partial charge in [-0.25, -0.2) is 0 Å². The summed E-state index contributed by atoms with van der Waals surface area (Å²) >= 11 is 0. The van der Waals surface area contributed by atoms with Crippen LogP contribution in [0.15, 0.2) is 36.4 Å². The topological polar surface area (TPSA) is 65.0 Å². The molecular formula is C17H16O5. The number of aromatic hydroxyl groups is 1. The molecule has 22 heavy (non-hydrogen) atoms. The molecular weight excluding hydrogens is 284 g/mol. The van der Waals surface area contributed by atoms with Crippen molar-refractivity contribution in [3.8, 4) is 23.0 Å². The maximum atomic E-state index is 12.4. The van der Waals surface area contributed by atoms with Gasteiger partial charge in [0.05, 0.1) is 14.2 Å². The number of methoxy groups -OCH3 is 2. The van der Waals surface area contributed by atoms with Gasteiger partial charge in [0, 0.05) is 18.1 Å². The lowest BCUT2D eigenvalue weighted by atomic mass is 9.95. The molecule has 1 atom stereocenters. The minimum absolute atomic E-state index is 0.0651. The molecule has 1 aliphatic heterocycles. The third-order valence-corrected chi connectivity index (χ3v) is 3.68. The molecule has 0 bridgehead atoms. The van der Waals surface area contributed by atoms with Gasteiger partial charge in [0.1, 0.15) is 5.75 Å². The van der Waals surface area contributed by atoms with Crippen molar-refractivity contribution in [1.82, 2.24) is 0 Å². The van der Waals surface area contributed by atoms with E-state index in [2.05, 4.69) is 0 Å². The van der Waals surface area contributed by atoms with Crippen LogP contribution in [0.5, 0.6) is 23.0 Å². The molecule has 0 aromatic heterocycles. The van der Waals surface area contributed by atoms with Gasteiger partial charge in [0.15, 0.2) is 23.4 Å². The Morgan fingerprint density at radius 2 is 1.91 bits per heavy atom. The highest BCUT2D eigenvalue weighted by molar-refractivity contribution is 5.90. The van der Waals surface area contributed by atoms with E-state index in [4.69, 9.17) is 14.2 Å². The summed E-state index contributed by atoms with van der Waals surface area (Å²) in [5.41, 5.74) is 1.36. The van der Waals surface area contributed by atoms with Crippen molar-refractivity contribution in [3.63, 3.8) is 0 Å². The zero-order chi connectivity index (χ0) is 15.7. The number of carbonyl (C=O) groups excluding carboxylic acids is 1. The first-order chi connectivity index (χ1) is 10.7. The number of hydrogen-bond acceptors (Lipinski definition) is 5. The Kier molecular flexibility index (Phi) is 3.63. The second-order valence-electron chi connectivity index (χ2n) is 4.99. The molecule has 0 saturated heterocycles. The highest BCUT2D eigenvalue weighted by Crippen LogP contribution is 2.48. The number of ether oxygens (including phenoxy) is 3. The van der Waals surface area contributed by atoms with Crippen molar-refractivity contribution in [2.75, 3.05) is 14.2 Å². The molecule has 114 valence electrons. The van der Waals surface area contributed by atoms with E-state index in [1.165, 1.54) is 20.3 Å². The highest BCUT2D eigenvalue weighted by atomic mass is 16.5. The van der Waals surface area contributed by atoms with Crippen LogP contribution >= 0.6 is 0 Å². The first-order valence-corrected chi connectivity index (χ1v) is 6.86. The van der Waals surface area contributed by atoms with Gasteiger partial charge in [-0.15, -0.1) is 0 Å². The molecule has 1 N–H and O–H groups in total. The van der Waals surface area contributed by atoms with E-state index in [1.807, 2.05) is 30.3 Å². The number of benzene rings is 2. The molecule has 1 heterocycles. The van der Waals surface area contributed by atoms with Gasteiger partial charge in [-0.3, -0.25) is 4.79 Å². The summed E-state index contributed by atoms with van der Waals surface area (Å²) in [4.78, 5) is 12.4. The number of carbonyl (C=O) groups is 1. The molecule has 5 nitrogen and oxygen atoms in total. The summed E-state index contributed by atoms with van der Waals surface area (Å²) < 4.78 is 16.3. The minimum atomic E-state index is -0.714. The van der Waals surface area contributed by atoms with Crippen molar-refractivity contribution >= 4 is 5.78 Å². The Labute approximate surface area is 128 Å². The van der Waals surface area contributed by atoms with Crippen LogP contribution in [0.3, 0.4) is 0 Å². The van der Waals surface area contributed by atoms with Crippen LogP contribution in [-0.2, 0) is 11.2 Å². The van der Waals surface area contributed by atoms with Gasteiger partial charge in [0.2, 0.25) is 5.75 Å². The molecule has 0 amide bonds. The number of rotatable bonds is 3. The zero-order valence-electron chi connectivity index (χ0n) is 12.3. The van der Waals surface area contributed by atoms with Crippen LogP contribution in [0.25, 0.3) is 0 Å². The Bertz CT molecular complexity index is 709. The second kappa shape index (κ2) is 5.60. The molecule has 1 unspecified atom stereocenters. The fraction of sp³-hybridized carbons (Fsp3) is 0.235. The number of Topliss-reactive ketones (excluding diaryl/α,β-unsaturated/α-hetero) is 1. The first-order valence-electron chi connectivity index (χ1n) is 6.86. The van der Waals surface area contributed by atoms with E-state index in [-0.39, 0.29) is 23.7 Å². The molecule has 0 radical (unpaired) electrons. The van der Waals surface area contributed by atoms with Crippen LogP contribution in [0, 0.1) is 0 Å². The first kappa shape index (κ1) is 14.3. The van der Waals surface area contributed by atoms with E-state index in [0.717, 1.165) is 5.56 Å². The van der Waals surface area contributed by atoms with E-state index < -0.39 is 6.10 Å². The van der Waals surface area contributed by atoms with E-state index in [9.17, 15) is 9.90 Å². The Hall–Kier alpha value is -2.69. The predicted octanol–water partition coefficient (Wildman–Crippen LogP) is 2.65. The number of hydrogen-bond donors (Lipinski definition) is 1. The van der Waals surface area contributed by atoms with Gasteiger partial charge >= 0.3 is 0 Å². The standard InChI is InChI=1S/C17H16O5/c1-20-14-9-13(19)17(21-2)16-11(14)8-12(18)15(22-16)10-6-4-3-5-7-10/h3-7,9,15,19H,8H2,1-2H3. The van der Waals surface area contributed by atoms with E-state index in [1.54, 1.807) is 0 Å². The number of phenols is 1. The monoisotopic (exact) mass is 300 g/mol. The maximum absolute atomic E-state index is 12.4. The number of phenolic OH excluding ortho intramolecular Hbond substituents is 1. The third-order valence-electron chi connectivity index (χ3n) is 3.68. The van der Waals surface area contributed by atoms with Crippen LogP contribution < -0.4 is 14.2 Å². The lowest BCUT2D eigenvalue weighted by Crippen LogP contribution is -2.26. The SMILES string of the molecule is COc1cc(O)c(OC)c2c1CC(=O)C(c1ccccc1)O2. The average molecular weight is 300 g/mol. The Balaban J connectivity index is 2.11. The lowest BCUT2D eigenvalue weighted by molar-refractivity contribution is -0.126. The summed E-state index contributed by atoms with van der Waals surface area (Å²) in [5, 5.41) is 10.0. The summed E-state index contributed by atoms with van der Waals surface area (Å²) in [7, 11) is 2.93. The molecule has 2 aromatic carbocycles. The van der Waals surface area contributed by atoms with Crippen LogP contribution in [0.2, 0.25) is 0 Å². The highest BCUT2D eigenvalue weighted by Gasteiger charge is 2.34. The zero-order valence-corrected chi connectivity index (χ0v) is 12.3. The predicted molar refractivity (Wildman–Crippen MR) is 79.7 cm³/mol. The molecule has 5 heteroatoms. The summed E-state index contributed by atoms with van der Waals surface area (Å²) in [6.45, 7) is 0. The van der Waals surface area contributed by atoms with Crippen molar-refractivity contribution in [2.45, 2.75) is 12.5 Å². The third kappa shape index (κ3) is 2.24. The summed E-state index contributed by atoms with van der Waals surface area (Å²) in [5.74, 6) is 0.828. The molecule has 0 spiro atoms. The molecule has 3 rings (SSSR count). The van der Waals surface area contributed by atoms with Crippen LogP contribution in [0.1, 0.15) is 17.2 Å². The Morgan fingerprint density at radius 3 is 2.55 bits per heavy atom. The van der Waals surface area contributed by atoms with Crippen molar-refractivity contribution in [2.24, 2.45) is 0 Å². The van der Waals surface area contributed by atoms with Gasteiger partial charge in [-0.05, 0) is 5.56 Å². The summed E-state index contributed by atoms with van der Waals surface area (Å²) in [6.07, 6.45) is -0.552. The average Bonchev–Trinajstić information content (AvgIpc) is 2.55. The quantitative estimate of drug-likeness (QED) is 0.944. The van der Waals surface area contributed by atoms with Gasteiger partial charge in [-0.1, -0.05) is 30.3 Å². The number of fused-ring (bicyclic) bond motifs is 1. The van der Waals surface area contributed by atoms with Gasteiger partial charge in [0.25, 0.3) is 0 Å². The van der Waals surface area contributed by atoms with Crippen molar-refractivity contribution in [3.05, 3.63) is 47.5 Å². The molecule has 1 aliphatic rings. The van der Waals surface area contributed by atoms with E-state index in [0.29, 0.717) is 17.1 Å². The normalized spacial score (nSPS) is 16.6. The van der Waals surface area contributed by atoms with Crippen LogP contribution in [-0.4, -0.2) is 25.1 Å². The second-order valence-corrected chi connectivity index (χ2v) is 4.99. The Morgan fingerprint density at radius 1 is 1.18 bits per heavy atom. The summed E-state index contributed by atoms with van der Waals surface area (Å²) in [6, 6.07) is 10.7.